The molecule has 3 nitrogen and oxygen atoms in total. The lowest BCUT2D eigenvalue weighted by atomic mass is 9.89. The Morgan fingerprint density at radius 2 is 2.15 bits per heavy atom. The van der Waals surface area contributed by atoms with Crippen molar-refractivity contribution in [1.82, 2.24) is 0 Å². The molecule has 0 radical (unpaired) electrons. The zero-order chi connectivity index (χ0) is 13.9. The fraction of sp³-hybridized carbons (Fsp3) is 0.625. The van der Waals surface area contributed by atoms with Crippen molar-refractivity contribution in [2.45, 2.75) is 44.2 Å². The second kappa shape index (κ2) is 6.46. The van der Waals surface area contributed by atoms with Crippen LogP contribution in [0.3, 0.4) is 0 Å². The van der Waals surface area contributed by atoms with E-state index in [4.69, 9.17) is 10.5 Å². The molecule has 20 heavy (non-hydrogen) atoms. The molecule has 2 aliphatic rings. The van der Waals surface area contributed by atoms with Crippen molar-refractivity contribution in [1.29, 1.82) is 0 Å². The van der Waals surface area contributed by atoms with E-state index in [2.05, 4.69) is 39.0 Å². The molecule has 2 N–H and O–H groups in total. The van der Waals surface area contributed by atoms with Gasteiger partial charge in [-0.15, -0.1) is 0 Å². The van der Waals surface area contributed by atoms with Crippen LogP contribution in [0.15, 0.2) is 22.7 Å². The lowest BCUT2D eigenvalue weighted by Crippen LogP contribution is -2.53. The molecule has 0 amide bonds. The van der Waals surface area contributed by atoms with Crippen molar-refractivity contribution in [3.63, 3.8) is 0 Å². The summed E-state index contributed by atoms with van der Waals surface area (Å²) in [5, 5.41) is 0. The molecule has 0 aromatic heterocycles. The highest BCUT2D eigenvalue weighted by atomic mass is 79.9. The predicted octanol–water partition coefficient (Wildman–Crippen LogP) is 3.10. The molecule has 1 aromatic carbocycles. The Morgan fingerprint density at radius 1 is 1.30 bits per heavy atom. The highest BCUT2D eigenvalue weighted by Gasteiger charge is 2.34. The van der Waals surface area contributed by atoms with Gasteiger partial charge in [-0.2, -0.15) is 0 Å². The van der Waals surface area contributed by atoms with Crippen LogP contribution in [-0.2, 0) is 11.2 Å². The van der Waals surface area contributed by atoms with Gasteiger partial charge >= 0.3 is 0 Å². The van der Waals surface area contributed by atoms with E-state index in [0.29, 0.717) is 18.7 Å². The number of halogens is 1. The van der Waals surface area contributed by atoms with Gasteiger partial charge in [0, 0.05) is 16.7 Å². The van der Waals surface area contributed by atoms with Crippen LogP contribution >= 0.6 is 15.9 Å². The summed E-state index contributed by atoms with van der Waals surface area (Å²) in [7, 11) is 0. The molecular formula is C16H23BrN2O. The summed E-state index contributed by atoms with van der Waals surface area (Å²) in [6.07, 6.45) is 6.45. The van der Waals surface area contributed by atoms with E-state index in [1.165, 1.54) is 36.9 Å². The van der Waals surface area contributed by atoms with Crippen LogP contribution in [0, 0.1) is 0 Å². The molecule has 110 valence electrons. The van der Waals surface area contributed by atoms with Crippen molar-refractivity contribution >= 4 is 21.6 Å². The maximum absolute atomic E-state index is 5.99. The molecule has 1 heterocycles. The average molecular weight is 339 g/mol. The normalized spacial score (nSPS) is 26.4. The summed E-state index contributed by atoms with van der Waals surface area (Å²) < 4.78 is 7.13. The van der Waals surface area contributed by atoms with Gasteiger partial charge < -0.3 is 15.4 Å². The molecular weight excluding hydrogens is 316 g/mol. The minimum absolute atomic E-state index is 0.419. The van der Waals surface area contributed by atoms with Gasteiger partial charge in [0.1, 0.15) is 0 Å². The maximum atomic E-state index is 5.99. The molecule has 2 fully saturated rings. The molecule has 2 unspecified atom stereocenters. The first-order valence-corrected chi connectivity index (χ1v) is 8.45. The summed E-state index contributed by atoms with van der Waals surface area (Å²) in [4.78, 5) is 2.57. The highest BCUT2D eigenvalue weighted by Crippen LogP contribution is 2.35. The van der Waals surface area contributed by atoms with Crippen molar-refractivity contribution in [2.24, 2.45) is 5.73 Å². The van der Waals surface area contributed by atoms with Crippen LogP contribution in [0.25, 0.3) is 0 Å². The first-order valence-electron chi connectivity index (χ1n) is 7.66. The van der Waals surface area contributed by atoms with Crippen LogP contribution in [0.2, 0.25) is 0 Å². The number of hydrogen-bond acceptors (Lipinski definition) is 3. The number of nitrogens with zero attached hydrogens (tertiary/aromatic N) is 1. The summed E-state index contributed by atoms with van der Waals surface area (Å²) >= 11 is 3.61. The van der Waals surface area contributed by atoms with Crippen molar-refractivity contribution in [2.75, 3.05) is 24.6 Å². The number of rotatable bonds is 3. The second-order valence-electron chi connectivity index (χ2n) is 5.77. The third kappa shape index (κ3) is 2.87. The summed E-state index contributed by atoms with van der Waals surface area (Å²) in [6.45, 7) is 2.54. The number of morpholine rings is 1. The Morgan fingerprint density at radius 3 is 3.00 bits per heavy atom. The first-order chi connectivity index (χ1) is 9.79. The van der Waals surface area contributed by atoms with Crippen LogP contribution in [0.1, 0.15) is 31.2 Å². The molecule has 2 atom stereocenters. The standard InChI is InChI=1S/C16H23BrN2O/c17-13-6-5-12(7-8-18)15(11-13)19-9-10-20-16-4-2-1-3-14(16)19/h5-6,11,14,16H,1-4,7-10,18H2. The Balaban J connectivity index is 1.91. The van der Waals surface area contributed by atoms with Gasteiger partial charge in [0.15, 0.2) is 0 Å². The minimum Gasteiger partial charge on any atom is -0.374 e. The molecule has 0 spiro atoms. The number of hydrogen-bond donors (Lipinski definition) is 1. The summed E-state index contributed by atoms with van der Waals surface area (Å²) in [5.41, 5.74) is 8.49. The molecule has 1 aromatic rings. The van der Waals surface area contributed by atoms with Crippen LogP contribution < -0.4 is 10.6 Å². The van der Waals surface area contributed by atoms with E-state index in [1.54, 1.807) is 0 Å². The van der Waals surface area contributed by atoms with Gasteiger partial charge in [-0.3, -0.25) is 0 Å². The number of benzene rings is 1. The Kier molecular flexibility index (Phi) is 4.64. The van der Waals surface area contributed by atoms with Crippen LogP contribution in [0.4, 0.5) is 5.69 Å². The summed E-state index contributed by atoms with van der Waals surface area (Å²) in [5.74, 6) is 0. The molecule has 3 rings (SSSR count). The second-order valence-corrected chi connectivity index (χ2v) is 6.68. The molecule has 1 aliphatic carbocycles. The van der Waals surface area contributed by atoms with Gasteiger partial charge in [-0.25, -0.2) is 0 Å². The van der Waals surface area contributed by atoms with Gasteiger partial charge in [-0.05, 0) is 43.5 Å². The third-order valence-corrected chi connectivity index (χ3v) is 5.00. The largest absolute Gasteiger partial charge is 0.374 e. The fourth-order valence-corrected chi connectivity index (χ4v) is 3.92. The van der Waals surface area contributed by atoms with E-state index in [-0.39, 0.29) is 0 Å². The molecule has 0 bridgehead atoms. The maximum Gasteiger partial charge on any atom is 0.0779 e. The topological polar surface area (TPSA) is 38.5 Å². The fourth-order valence-electron chi connectivity index (χ4n) is 3.57. The van der Waals surface area contributed by atoms with Crippen molar-refractivity contribution in [3.05, 3.63) is 28.2 Å². The predicted molar refractivity (Wildman–Crippen MR) is 86.2 cm³/mol. The molecule has 4 heteroatoms. The monoisotopic (exact) mass is 338 g/mol. The first kappa shape index (κ1) is 14.4. The van der Waals surface area contributed by atoms with Crippen molar-refractivity contribution < 1.29 is 4.74 Å². The highest BCUT2D eigenvalue weighted by molar-refractivity contribution is 9.10. The number of ether oxygens (including phenoxy) is 1. The average Bonchev–Trinajstić information content (AvgIpc) is 2.49. The van der Waals surface area contributed by atoms with Gasteiger partial charge in [0.25, 0.3) is 0 Å². The quantitative estimate of drug-likeness (QED) is 0.920. The van der Waals surface area contributed by atoms with Gasteiger partial charge in [-0.1, -0.05) is 34.8 Å². The molecule has 1 aliphatic heterocycles. The number of anilines is 1. The molecule has 1 saturated heterocycles. The van der Waals surface area contributed by atoms with Crippen LogP contribution in [0.5, 0.6) is 0 Å². The number of fused-ring (bicyclic) bond motifs is 1. The van der Waals surface area contributed by atoms with Gasteiger partial charge in [0.2, 0.25) is 0 Å². The zero-order valence-corrected chi connectivity index (χ0v) is 13.4. The minimum atomic E-state index is 0.419. The lowest BCUT2D eigenvalue weighted by molar-refractivity contribution is -0.00873. The van der Waals surface area contributed by atoms with Crippen molar-refractivity contribution in [3.8, 4) is 0 Å². The smallest absolute Gasteiger partial charge is 0.0779 e. The SMILES string of the molecule is NCCc1ccc(Br)cc1N1CCOC2CCCCC21. The van der Waals surface area contributed by atoms with E-state index in [1.807, 2.05) is 0 Å². The van der Waals surface area contributed by atoms with E-state index in [0.717, 1.165) is 24.0 Å². The van der Waals surface area contributed by atoms with E-state index >= 15 is 0 Å². The van der Waals surface area contributed by atoms with E-state index < -0.39 is 0 Å². The third-order valence-electron chi connectivity index (χ3n) is 4.50. The molecule has 1 saturated carbocycles. The van der Waals surface area contributed by atoms with E-state index in [9.17, 15) is 0 Å². The zero-order valence-electron chi connectivity index (χ0n) is 11.9. The lowest BCUT2D eigenvalue weighted by Gasteiger charge is -2.45. The van der Waals surface area contributed by atoms with Gasteiger partial charge in [0.05, 0.1) is 18.8 Å². The Labute approximate surface area is 129 Å². The number of nitrogens with two attached hydrogens (primary N) is 1. The Hall–Kier alpha value is -0.580. The summed E-state index contributed by atoms with van der Waals surface area (Å²) in [6, 6.07) is 7.12. The Bertz CT molecular complexity index is 464. The van der Waals surface area contributed by atoms with Crippen LogP contribution in [-0.4, -0.2) is 31.8 Å².